The third kappa shape index (κ3) is 3.71. The van der Waals surface area contributed by atoms with Gasteiger partial charge in [-0.15, -0.1) is 0 Å². The summed E-state index contributed by atoms with van der Waals surface area (Å²) >= 11 is 0. The van der Waals surface area contributed by atoms with Crippen molar-refractivity contribution in [3.05, 3.63) is 74.3 Å². The lowest BCUT2D eigenvalue weighted by molar-refractivity contribution is -0.385. The Kier molecular flexibility index (Phi) is 4.83. The molecular weight excluding hydrogens is 316 g/mol. The van der Waals surface area contributed by atoms with Gasteiger partial charge in [0, 0.05) is 17.2 Å². The van der Waals surface area contributed by atoms with Crippen LogP contribution in [0.15, 0.2) is 36.4 Å². The van der Waals surface area contributed by atoms with Crippen molar-refractivity contribution in [1.82, 2.24) is 5.32 Å². The summed E-state index contributed by atoms with van der Waals surface area (Å²) in [5, 5.41) is 13.9. The first-order valence-electron chi connectivity index (χ1n) is 8.63. The molecule has 0 fully saturated rings. The lowest BCUT2D eigenvalue weighted by atomic mass is 9.89. The van der Waals surface area contributed by atoms with E-state index in [1.54, 1.807) is 13.0 Å². The molecule has 0 aromatic heterocycles. The van der Waals surface area contributed by atoms with Crippen LogP contribution in [0.5, 0.6) is 0 Å². The molecule has 1 amide bonds. The van der Waals surface area contributed by atoms with Crippen molar-refractivity contribution in [2.24, 2.45) is 0 Å². The zero-order chi connectivity index (χ0) is 18.0. The second-order valence-corrected chi connectivity index (χ2v) is 6.69. The predicted octanol–water partition coefficient (Wildman–Crippen LogP) is 4.27. The highest BCUT2D eigenvalue weighted by Gasteiger charge is 2.17. The molecule has 0 spiro atoms. The molecule has 2 aromatic rings. The highest BCUT2D eigenvalue weighted by atomic mass is 16.6. The van der Waals surface area contributed by atoms with E-state index in [0.717, 1.165) is 18.4 Å². The van der Waals surface area contributed by atoms with Gasteiger partial charge >= 0.3 is 0 Å². The van der Waals surface area contributed by atoms with E-state index < -0.39 is 4.92 Å². The summed E-state index contributed by atoms with van der Waals surface area (Å²) in [6.07, 6.45) is 4.71. The average Bonchev–Trinajstić information content (AvgIpc) is 2.60. The molecule has 5 heteroatoms. The maximum Gasteiger partial charge on any atom is 0.272 e. The van der Waals surface area contributed by atoms with Crippen molar-refractivity contribution < 1.29 is 9.72 Å². The van der Waals surface area contributed by atoms with Crippen molar-refractivity contribution in [1.29, 1.82) is 0 Å². The van der Waals surface area contributed by atoms with Gasteiger partial charge < -0.3 is 5.32 Å². The van der Waals surface area contributed by atoms with E-state index in [1.165, 1.54) is 36.1 Å². The van der Waals surface area contributed by atoms with E-state index in [-0.39, 0.29) is 17.6 Å². The van der Waals surface area contributed by atoms with E-state index in [2.05, 4.69) is 23.5 Å². The van der Waals surface area contributed by atoms with Gasteiger partial charge in [-0.3, -0.25) is 14.9 Å². The molecule has 0 aliphatic heterocycles. The van der Waals surface area contributed by atoms with Crippen LogP contribution in [0.4, 0.5) is 5.69 Å². The number of hydrogen-bond acceptors (Lipinski definition) is 3. The Balaban J connectivity index is 1.74. The number of nitrogens with zero attached hydrogens (tertiary/aromatic N) is 1. The number of nitrogens with one attached hydrogen (secondary N) is 1. The zero-order valence-corrected chi connectivity index (χ0v) is 14.5. The molecule has 1 atom stereocenters. The van der Waals surface area contributed by atoms with Crippen LogP contribution in [0.2, 0.25) is 0 Å². The minimum Gasteiger partial charge on any atom is -0.346 e. The summed E-state index contributed by atoms with van der Waals surface area (Å²) in [6, 6.07) is 10.8. The van der Waals surface area contributed by atoms with Crippen LogP contribution < -0.4 is 5.32 Å². The Labute approximate surface area is 147 Å². The second kappa shape index (κ2) is 7.05. The molecule has 1 aliphatic rings. The molecule has 2 aromatic carbocycles. The summed E-state index contributed by atoms with van der Waals surface area (Å²) in [5.41, 5.74) is 4.84. The molecule has 5 nitrogen and oxygen atoms in total. The van der Waals surface area contributed by atoms with Crippen LogP contribution in [0.3, 0.4) is 0 Å². The maximum absolute atomic E-state index is 12.5. The normalized spacial score (nSPS) is 14.5. The number of amides is 1. The van der Waals surface area contributed by atoms with Gasteiger partial charge in [0.2, 0.25) is 0 Å². The number of carbonyl (C=O) groups is 1. The van der Waals surface area contributed by atoms with Crippen molar-refractivity contribution in [2.45, 2.75) is 45.6 Å². The Morgan fingerprint density at radius 2 is 1.84 bits per heavy atom. The van der Waals surface area contributed by atoms with Gasteiger partial charge in [0.1, 0.15) is 0 Å². The van der Waals surface area contributed by atoms with Gasteiger partial charge in [-0.05, 0) is 68.4 Å². The molecule has 0 saturated heterocycles. The monoisotopic (exact) mass is 338 g/mol. The topological polar surface area (TPSA) is 72.2 Å². The number of hydrogen-bond donors (Lipinski definition) is 1. The van der Waals surface area contributed by atoms with E-state index in [1.807, 2.05) is 6.92 Å². The Morgan fingerprint density at radius 1 is 1.12 bits per heavy atom. The quantitative estimate of drug-likeness (QED) is 0.668. The van der Waals surface area contributed by atoms with Crippen molar-refractivity contribution in [3.8, 4) is 0 Å². The SMILES string of the molecule is Cc1cc(C(=O)N[C@@H](C)c2ccc3c(c2)CCCC3)ccc1[N+](=O)[O-]. The average molecular weight is 338 g/mol. The molecule has 0 saturated carbocycles. The van der Waals surface area contributed by atoms with Crippen LogP contribution in [0.25, 0.3) is 0 Å². The van der Waals surface area contributed by atoms with E-state index in [9.17, 15) is 14.9 Å². The molecular formula is C20H22N2O3. The van der Waals surface area contributed by atoms with Crippen molar-refractivity contribution >= 4 is 11.6 Å². The minimum absolute atomic E-state index is 0.0271. The van der Waals surface area contributed by atoms with Gasteiger partial charge in [0.15, 0.2) is 0 Å². The molecule has 130 valence electrons. The van der Waals surface area contributed by atoms with E-state index >= 15 is 0 Å². The number of aryl methyl sites for hydroxylation is 3. The standard InChI is InChI=1S/C20H22N2O3/c1-13-11-18(9-10-19(13)22(24)25)20(23)21-14(2)16-8-7-15-5-3-4-6-17(15)12-16/h7-12,14H,3-6H2,1-2H3,(H,21,23)/t14-/m0/s1. The van der Waals surface area contributed by atoms with Gasteiger partial charge in [0.05, 0.1) is 11.0 Å². The molecule has 25 heavy (non-hydrogen) atoms. The van der Waals surface area contributed by atoms with E-state index in [4.69, 9.17) is 0 Å². The molecule has 1 N–H and O–H groups in total. The fourth-order valence-corrected chi connectivity index (χ4v) is 3.39. The third-order valence-electron chi connectivity index (χ3n) is 4.88. The fraction of sp³-hybridized carbons (Fsp3) is 0.350. The molecule has 0 bridgehead atoms. The lowest BCUT2D eigenvalue weighted by Crippen LogP contribution is -2.27. The Hall–Kier alpha value is -2.69. The molecule has 3 rings (SSSR count). The van der Waals surface area contributed by atoms with Crippen LogP contribution in [-0.2, 0) is 12.8 Å². The summed E-state index contributed by atoms with van der Waals surface area (Å²) in [7, 11) is 0. The molecule has 0 heterocycles. The van der Waals surface area contributed by atoms with Crippen molar-refractivity contribution in [2.75, 3.05) is 0 Å². The van der Waals surface area contributed by atoms with Gasteiger partial charge in [-0.2, -0.15) is 0 Å². The van der Waals surface area contributed by atoms with Crippen LogP contribution >= 0.6 is 0 Å². The van der Waals surface area contributed by atoms with Crippen LogP contribution in [0, 0.1) is 17.0 Å². The summed E-state index contributed by atoms with van der Waals surface area (Å²) in [5.74, 6) is -0.219. The molecule has 1 aliphatic carbocycles. The number of carbonyl (C=O) groups excluding carboxylic acids is 1. The summed E-state index contributed by atoms with van der Waals surface area (Å²) in [4.78, 5) is 22.9. The number of benzene rings is 2. The largest absolute Gasteiger partial charge is 0.346 e. The third-order valence-corrected chi connectivity index (χ3v) is 4.88. The summed E-state index contributed by atoms with van der Waals surface area (Å²) in [6.45, 7) is 3.60. The number of rotatable bonds is 4. The number of nitro groups is 1. The van der Waals surface area contributed by atoms with Gasteiger partial charge in [-0.1, -0.05) is 18.2 Å². The lowest BCUT2D eigenvalue weighted by Gasteiger charge is -2.20. The fourth-order valence-electron chi connectivity index (χ4n) is 3.39. The van der Waals surface area contributed by atoms with E-state index in [0.29, 0.717) is 11.1 Å². The smallest absolute Gasteiger partial charge is 0.272 e. The highest BCUT2D eigenvalue weighted by Crippen LogP contribution is 2.25. The van der Waals surface area contributed by atoms with Gasteiger partial charge in [-0.25, -0.2) is 0 Å². The summed E-state index contributed by atoms with van der Waals surface area (Å²) < 4.78 is 0. The van der Waals surface area contributed by atoms with Crippen molar-refractivity contribution in [3.63, 3.8) is 0 Å². The second-order valence-electron chi connectivity index (χ2n) is 6.69. The highest BCUT2D eigenvalue weighted by molar-refractivity contribution is 5.95. The first-order chi connectivity index (χ1) is 12.0. The first kappa shape index (κ1) is 17.1. The Bertz CT molecular complexity index is 830. The van der Waals surface area contributed by atoms with Crippen LogP contribution in [0.1, 0.15) is 58.4 Å². The maximum atomic E-state index is 12.5. The molecule has 0 radical (unpaired) electrons. The minimum atomic E-state index is -0.438. The van der Waals surface area contributed by atoms with Gasteiger partial charge in [0.25, 0.3) is 11.6 Å². The first-order valence-corrected chi connectivity index (χ1v) is 8.63. The number of nitro benzene ring substituents is 1. The zero-order valence-electron chi connectivity index (χ0n) is 14.5. The Morgan fingerprint density at radius 3 is 2.52 bits per heavy atom. The number of fused-ring (bicyclic) bond motifs is 1. The predicted molar refractivity (Wildman–Crippen MR) is 96.8 cm³/mol. The molecule has 0 unspecified atom stereocenters. The van der Waals surface area contributed by atoms with Crippen LogP contribution in [-0.4, -0.2) is 10.8 Å².